The van der Waals surface area contributed by atoms with Crippen LogP contribution in [0, 0.1) is 17.8 Å². The Morgan fingerprint density at radius 1 is 1.19 bits per heavy atom. The quantitative estimate of drug-likeness (QED) is 0.652. The van der Waals surface area contributed by atoms with Crippen LogP contribution in [0.2, 0.25) is 0 Å². The van der Waals surface area contributed by atoms with Gasteiger partial charge in [0, 0.05) is 51.9 Å². The molecule has 0 radical (unpaired) electrons. The van der Waals surface area contributed by atoms with E-state index in [0.717, 1.165) is 26.1 Å². The molecule has 0 spiro atoms. The lowest BCUT2D eigenvalue weighted by atomic mass is 9.78. The Hall–Kier alpha value is -1.89. The first-order valence-electron chi connectivity index (χ1n) is 11.7. The topological polar surface area (TPSA) is 62.2 Å². The van der Waals surface area contributed by atoms with Crippen LogP contribution in [0.5, 0.6) is 0 Å². The fraction of sp³-hybridized carbons (Fsp3) is 0.640. The molecule has 6 nitrogen and oxygen atoms in total. The summed E-state index contributed by atoms with van der Waals surface area (Å²) >= 11 is 0. The SMILES string of the molecule is CCO[C@H]1OC(C(=O)N2CCN(Cc3ccccc3)CC2)=C[C@@H](C(C)C)[C@H]1CCCO. The van der Waals surface area contributed by atoms with E-state index in [-0.39, 0.29) is 24.3 Å². The molecule has 1 N–H and O–H groups in total. The number of ether oxygens (including phenoxy) is 2. The summed E-state index contributed by atoms with van der Waals surface area (Å²) in [5.41, 5.74) is 1.30. The van der Waals surface area contributed by atoms with Gasteiger partial charge in [0.1, 0.15) is 0 Å². The molecule has 0 unspecified atom stereocenters. The summed E-state index contributed by atoms with van der Waals surface area (Å²) in [6, 6.07) is 10.5. The molecule has 1 saturated heterocycles. The predicted molar refractivity (Wildman–Crippen MR) is 121 cm³/mol. The maximum atomic E-state index is 13.3. The number of aliphatic hydroxyl groups is 1. The number of allylic oxidation sites excluding steroid dienone is 1. The van der Waals surface area contributed by atoms with E-state index < -0.39 is 6.29 Å². The van der Waals surface area contributed by atoms with Crippen molar-refractivity contribution in [1.82, 2.24) is 9.80 Å². The Bertz CT molecular complexity index is 713. The van der Waals surface area contributed by atoms with E-state index in [1.54, 1.807) is 0 Å². The third-order valence-corrected chi connectivity index (χ3v) is 6.35. The lowest BCUT2D eigenvalue weighted by Crippen LogP contribution is -2.50. The molecular formula is C25H38N2O4. The van der Waals surface area contributed by atoms with Gasteiger partial charge in [0.2, 0.25) is 6.29 Å². The molecule has 0 saturated carbocycles. The monoisotopic (exact) mass is 430 g/mol. The zero-order valence-corrected chi connectivity index (χ0v) is 19.2. The molecule has 1 amide bonds. The van der Waals surface area contributed by atoms with Crippen LogP contribution in [0.15, 0.2) is 42.2 Å². The van der Waals surface area contributed by atoms with Gasteiger partial charge >= 0.3 is 0 Å². The summed E-state index contributed by atoms with van der Waals surface area (Å²) in [7, 11) is 0. The maximum Gasteiger partial charge on any atom is 0.288 e. The number of nitrogens with zero attached hydrogens (tertiary/aromatic N) is 2. The molecular weight excluding hydrogens is 392 g/mol. The smallest absolute Gasteiger partial charge is 0.288 e. The minimum Gasteiger partial charge on any atom is -0.459 e. The first kappa shape index (κ1) is 23.8. The molecule has 3 rings (SSSR count). The first-order valence-corrected chi connectivity index (χ1v) is 11.7. The summed E-state index contributed by atoms with van der Waals surface area (Å²) in [5, 5.41) is 9.30. The van der Waals surface area contributed by atoms with Crippen molar-refractivity contribution in [1.29, 1.82) is 0 Å². The van der Waals surface area contributed by atoms with Crippen molar-refractivity contribution in [2.24, 2.45) is 17.8 Å². The van der Waals surface area contributed by atoms with Gasteiger partial charge in [0.25, 0.3) is 5.91 Å². The predicted octanol–water partition coefficient (Wildman–Crippen LogP) is 3.27. The number of rotatable bonds is 9. The fourth-order valence-electron chi connectivity index (χ4n) is 4.62. The van der Waals surface area contributed by atoms with Crippen LogP contribution in [0.25, 0.3) is 0 Å². The van der Waals surface area contributed by atoms with E-state index in [0.29, 0.717) is 37.8 Å². The Kier molecular flexibility index (Phi) is 8.93. The lowest BCUT2D eigenvalue weighted by Gasteiger charge is -2.40. The normalized spacial score (nSPS) is 24.7. The van der Waals surface area contributed by atoms with Gasteiger partial charge in [-0.2, -0.15) is 0 Å². The number of hydrogen-bond donors (Lipinski definition) is 1. The van der Waals surface area contributed by atoms with Crippen molar-refractivity contribution in [3.05, 3.63) is 47.7 Å². The van der Waals surface area contributed by atoms with Gasteiger partial charge < -0.3 is 19.5 Å². The molecule has 1 aromatic rings. The molecule has 1 fully saturated rings. The standard InChI is InChI=1S/C25H38N2O4/c1-4-30-25-21(11-8-16-28)22(19(2)3)17-23(31-25)24(29)27-14-12-26(13-15-27)18-20-9-6-5-7-10-20/h5-7,9-10,17,19,21-22,25,28H,4,8,11-16,18H2,1-3H3/t21-,22+,25+/m1/s1. The molecule has 31 heavy (non-hydrogen) atoms. The largest absolute Gasteiger partial charge is 0.459 e. The van der Waals surface area contributed by atoms with Crippen molar-refractivity contribution in [3.63, 3.8) is 0 Å². The summed E-state index contributed by atoms with van der Waals surface area (Å²) in [6.45, 7) is 11.0. The number of carbonyl (C=O) groups excluding carboxylic acids is 1. The summed E-state index contributed by atoms with van der Waals surface area (Å²) in [4.78, 5) is 17.6. The van der Waals surface area contributed by atoms with Crippen molar-refractivity contribution in [2.75, 3.05) is 39.4 Å². The summed E-state index contributed by atoms with van der Waals surface area (Å²) < 4.78 is 12.0. The second-order valence-corrected chi connectivity index (χ2v) is 8.88. The van der Waals surface area contributed by atoms with Crippen LogP contribution in [-0.4, -0.2) is 66.5 Å². The molecule has 172 valence electrons. The molecule has 6 heteroatoms. The highest BCUT2D eigenvalue weighted by molar-refractivity contribution is 5.91. The zero-order chi connectivity index (χ0) is 22.2. The highest BCUT2D eigenvalue weighted by Crippen LogP contribution is 2.37. The van der Waals surface area contributed by atoms with Crippen molar-refractivity contribution >= 4 is 5.91 Å². The van der Waals surface area contributed by atoms with Crippen LogP contribution in [0.1, 0.15) is 39.2 Å². The molecule has 0 aromatic heterocycles. The fourth-order valence-corrected chi connectivity index (χ4v) is 4.62. The minimum absolute atomic E-state index is 0.0321. The number of benzene rings is 1. The highest BCUT2D eigenvalue weighted by Gasteiger charge is 2.39. The molecule has 3 atom stereocenters. The van der Waals surface area contributed by atoms with Crippen LogP contribution < -0.4 is 0 Å². The minimum atomic E-state index is -0.438. The first-order chi connectivity index (χ1) is 15.0. The zero-order valence-electron chi connectivity index (χ0n) is 19.2. The number of piperazine rings is 1. The molecule has 0 bridgehead atoms. The molecule has 1 aromatic carbocycles. The second kappa shape index (κ2) is 11.7. The Balaban J connectivity index is 1.64. The van der Waals surface area contributed by atoms with Crippen molar-refractivity contribution in [3.8, 4) is 0 Å². The highest BCUT2D eigenvalue weighted by atomic mass is 16.7. The molecule has 0 aliphatic carbocycles. The van der Waals surface area contributed by atoms with Gasteiger partial charge in [-0.3, -0.25) is 9.69 Å². The van der Waals surface area contributed by atoms with Gasteiger partial charge in [-0.15, -0.1) is 0 Å². The third kappa shape index (κ3) is 6.31. The number of aliphatic hydroxyl groups excluding tert-OH is 1. The average Bonchev–Trinajstić information content (AvgIpc) is 2.78. The van der Waals surface area contributed by atoms with E-state index in [1.807, 2.05) is 24.0 Å². The molecule has 2 aliphatic heterocycles. The second-order valence-electron chi connectivity index (χ2n) is 8.88. The average molecular weight is 431 g/mol. The van der Waals surface area contributed by atoms with E-state index in [4.69, 9.17) is 9.47 Å². The number of carbonyl (C=O) groups is 1. The molecule has 2 heterocycles. The van der Waals surface area contributed by atoms with Crippen molar-refractivity contribution in [2.45, 2.75) is 46.4 Å². The van der Waals surface area contributed by atoms with Gasteiger partial charge in [0.15, 0.2) is 5.76 Å². The number of hydrogen-bond acceptors (Lipinski definition) is 5. The van der Waals surface area contributed by atoms with Gasteiger partial charge in [-0.25, -0.2) is 0 Å². The van der Waals surface area contributed by atoms with Gasteiger partial charge in [-0.1, -0.05) is 44.2 Å². The summed E-state index contributed by atoms with van der Waals surface area (Å²) in [6.07, 6.45) is 3.11. The number of amides is 1. The maximum absolute atomic E-state index is 13.3. The van der Waals surface area contributed by atoms with E-state index in [9.17, 15) is 9.90 Å². The van der Waals surface area contributed by atoms with Crippen LogP contribution in [0.3, 0.4) is 0 Å². The van der Waals surface area contributed by atoms with Crippen LogP contribution in [0.4, 0.5) is 0 Å². The van der Waals surface area contributed by atoms with Gasteiger partial charge in [-0.05, 0) is 43.2 Å². The summed E-state index contributed by atoms with van der Waals surface area (Å²) in [5.74, 6) is 1.09. The molecule has 2 aliphatic rings. The Morgan fingerprint density at radius 2 is 1.90 bits per heavy atom. The van der Waals surface area contributed by atoms with E-state index >= 15 is 0 Å². The third-order valence-electron chi connectivity index (χ3n) is 6.35. The van der Waals surface area contributed by atoms with Crippen LogP contribution >= 0.6 is 0 Å². The van der Waals surface area contributed by atoms with E-state index in [1.165, 1.54) is 5.56 Å². The van der Waals surface area contributed by atoms with Gasteiger partial charge in [0.05, 0.1) is 0 Å². The van der Waals surface area contributed by atoms with Crippen molar-refractivity contribution < 1.29 is 19.4 Å². The van der Waals surface area contributed by atoms with E-state index in [2.05, 4.69) is 43.0 Å². The Labute approximate surface area is 186 Å². The van der Waals surface area contributed by atoms with Crippen LogP contribution in [-0.2, 0) is 20.8 Å². The lowest BCUT2D eigenvalue weighted by molar-refractivity contribution is -0.178. The Morgan fingerprint density at radius 3 is 2.52 bits per heavy atom.